The zero-order valence-electron chi connectivity index (χ0n) is 10.5. The summed E-state index contributed by atoms with van der Waals surface area (Å²) in [6.07, 6.45) is -4.47. The van der Waals surface area contributed by atoms with Crippen LogP contribution in [0.25, 0.3) is 0 Å². The molecule has 2 rings (SSSR count). The van der Waals surface area contributed by atoms with Crippen molar-refractivity contribution in [2.45, 2.75) is 24.5 Å². The van der Waals surface area contributed by atoms with Gasteiger partial charge >= 0.3 is 13.5 Å². The summed E-state index contributed by atoms with van der Waals surface area (Å²) in [7, 11) is -4.95. The second-order valence-corrected chi connectivity index (χ2v) is 5.53. The zero-order chi connectivity index (χ0) is 15.8. The summed E-state index contributed by atoms with van der Waals surface area (Å²) in [4.78, 5) is 32.9. The number of nitrogens with zero attached hydrogens (tertiary/aromatic N) is 2. The topological polar surface area (TPSA) is 177 Å². The molecule has 0 spiro atoms. The van der Waals surface area contributed by atoms with Crippen LogP contribution in [-0.4, -0.2) is 54.5 Å². The fourth-order valence-corrected chi connectivity index (χ4v) is 2.53. The van der Waals surface area contributed by atoms with E-state index in [9.17, 15) is 14.5 Å². The van der Waals surface area contributed by atoms with Crippen LogP contribution >= 0.6 is 7.82 Å². The highest BCUT2D eigenvalue weighted by molar-refractivity contribution is 7.46. The number of aromatic nitrogens is 2. The monoisotopic (exact) mass is 323 g/mol. The molecule has 1 saturated heterocycles. The Labute approximate surface area is 117 Å². The quantitative estimate of drug-likeness (QED) is 0.374. The van der Waals surface area contributed by atoms with Crippen LogP contribution in [0.2, 0.25) is 0 Å². The van der Waals surface area contributed by atoms with Crippen LogP contribution in [0.4, 0.5) is 5.82 Å². The number of phosphoric ester groups is 1. The molecule has 0 aromatic carbocycles. The molecule has 6 N–H and O–H groups in total. The Bertz CT molecular complexity index is 615. The Hall–Kier alpha value is -1.33. The van der Waals surface area contributed by atoms with E-state index in [1.165, 1.54) is 12.3 Å². The molecule has 1 aliphatic heterocycles. The molecule has 1 aliphatic rings. The summed E-state index contributed by atoms with van der Waals surface area (Å²) >= 11 is 0. The maximum atomic E-state index is 11.7. The molecule has 11 nitrogen and oxygen atoms in total. The third-order valence-electron chi connectivity index (χ3n) is 2.88. The lowest BCUT2D eigenvalue weighted by Crippen LogP contribution is -2.37. The fourth-order valence-electron chi connectivity index (χ4n) is 1.98. The van der Waals surface area contributed by atoms with Gasteiger partial charge in [-0.05, 0) is 6.07 Å². The average molecular weight is 323 g/mol. The molecule has 0 amide bonds. The van der Waals surface area contributed by atoms with Crippen molar-refractivity contribution in [1.82, 2.24) is 9.55 Å². The number of aliphatic hydroxyl groups excluding tert-OH is 2. The van der Waals surface area contributed by atoms with Crippen molar-refractivity contribution in [3.05, 3.63) is 22.7 Å². The van der Waals surface area contributed by atoms with E-state index in [0.717, 1.165) is 4.57 Å². The number of hydrogen-bond acceptors (Lipinski definition) is 8. The summed E-state index contributed by atoms with van der Waals surface area (Å²) in [6.45, 7) is -0.629. The molecular formula is C9H14N3O8P. The van der Waals surface area contributed by atoms with E-state index >= 15 is 0 Å². The first-order valence-electron chi connectivity index (χ1n) is 5.76. The molecule has 4 atom stereocenters. The van der Waals surface area contributed by atoms with E-state index in [0.29, 0.717) is 0 Å². The smallest absolute Gasteiger partial charge is 0.394 e. The third-order valence-corrected chi connectivity index (χ3v) is 3.40. The number of ether oxygens (including phenoxy) is 1. The van der Waals surface area contributed by atoms with Crippen molar-refractivity contribution < 1.29 is 33.8 Å². The minimum Gasteiger partial charge on any atom is -0.394 e. The number of rotatable bonds is 4. The Balaban J connectivity index is 2.39. The SMILES string of the molecule is Nc1ccn([C@@H]2O[C@@H](CO)[C@@H](O)[C@H]2OP(=O)(O)O)c(=O)n1. The summed E-state index contributed by atoms with van der Waals surface area (Å²) in [5.41, 5.74) is 4.48. The van der Waals surface area contributed by atoms with Gasteiger partial charge in [0.15, 0.2) is 6.23 Å². The molecule has 0 aliphatic carbocycles. The number of anilines is 1. The highest BCUT2D eigenvalue weighted by Gasteiger charge is 2.48. The maximum absolute atomic E-state index is 11.7. The molecule has 2 heterocycles. The molecular weight excluding hydrogens is 309 g/mol. The lowest BCUT2D eigenvalue weighted by molar-refractivity contribution is -0.0543. The predicted molar refractivity (Wildman–Crippen MR) is 66.8 cm³/mol. The summed E-state index contributed by atoms with van der Waals surface area (Å²) in [5, 5.41) is 18.9. The first kappa shape index (κ1) is 16.0. The van der Waals surface area contributed by atoms with E-state index < -0.39 is 44.7 Å². The fraction of sp³-hybridized carbons (Fsp3) is 0.556. The van der Waals surface area contributed by atoms with E-state index in [1.54, 1.807) is 0 Å². The number of nitrogens with two attached hydrogens (primary N) is 1. The van der Waals surface area contributed by atoms with Gasteiger partial charge in [0, 0.05) is 6.20 Å². The predicted octanol–water partition coefficient (Wildman–Crippen LogP) is -2.45. The second kappa shape index (κ2) is 5.81. The number of phosphoric acid groups is 1. The Morgan fingerprint density at radius 2 is 2.19 bits per heavy atom. The van der Waals surface area contributed by atoms with Crippen LogP contribution in [0.15, 0.2) is 17.1 Å². The first-order chi connectivity index (χ1) is 9.73. The normalized spacial score (nSPS) is 29.7. The maximum Gasteiger partial charge on any atom is 0.470 e. The molecule has 1 aromatic heterocycles. The Morgan fingerprint density at radius 1 is 1.52 bits per heavy atom. The van der Waals surface area contributed by atoms with E-state index in [4.69, 9.17) is 25.4 Å². The minimum atomic E-state index is -4.95. The molecule has 0 radical (unpaired) electrons. The summed E-state index contributed by atoms with van der Waals surface area (Å²) < 4.78 is 21.5. The average Bonchev–Trinajstić information content (AvgIpc) is 2.65. The third kappa shape index (κ3) is 3.47. The highest BCUT2D eigenvalue weighted by atomic mass is 31.2. The molecule has 0 unspecified atom stereocenters. The highest BCUT2D eigenvalue weighted by Crippen LogP contribution is 2.44. The molecule has 118 valence electrons. The van der Waals surface area contributed by atoms with Crippen molar-refractivity contribution in [1.29, 1.82) is 0 Å². The summed E-state index contributed by atoms with van der Waals surface area (Å²) in [6, 6.07) is 1.26. The van der Waals surface area contributed by atoms with Gasteiger partial charge in [0.05, 0.1) is 6.61 Å². The van der Waals surface area contributed by atoms with Crippen molar-refractivity contribution >= 4 is 13.6 Å². The van der Waals surface area contributed by atoms with E-state index in [2.05, 4.69) is 9.51 Å². The number of aliphatic hydroxyl groups is 2. The van der Waals surface area contributed by atoms with E-state index in [-0.39, 0.29) is 5.82 Å². The Kier molecular flexibility index (Phi) is 4.44. The van der Waals surface area contributed by atoms with Gasteiger partial charge in [-0.25, -0.2) is 9.36 Å². The molecule has 1 fully saturated rings. The van der Waals surface area contributed by atoms with Crippen LogP contribution in [-0.2, 0) is 13.8 Å². The first-order valence-corrected chi connectivity index (χ1v) is 7.29. The lowest BCUT2D eigenvalue weighted by atomic mass is 10.1. The number of hydrogen-bond donors (Lipinski definition) is 5. The standard InChI is InChI=1S/C9H14N3O8P/c10-5-1-2-12(9(15)11-5)8-7(20-21(16,17)18)6(14)4(3-13)19-8/h1-2,4,6-8,13-14H,3H2,(H2,10,11,15)(H2,16,17,18)/t4-,6+,7+,8+/m0/s1. The molecule has 0 bridgehead atoms. The van der Waals surface area contributed by atoms with Gasteiger partial charge in [0.2, 0.25) is 0 Å². The van der Waals surface area contributed by atoms with Crippen molar-refractivity contribution in [2.75, 3.05) is 12.3 Å². The van der Waals surface area contributed by atoms with Crippen LogP contribution < -0.4 is 11.4 Å². The molecule has 12 heteroatoms. The largest absolute Gasteiger partial charge is 0.470 e. The molecule has 0 saturated carbocycles. The number of nitrogen functional groups attached to an aromatic ring is 1. The lowest BCUT2D eigenvalue weighted by Gasteiger charge is -2.22. The van der Waals surface area contributed by atoms with Gasteiger partial charge in [-0.2, -0.15) is 4.98 Å². The minimum absolute atomic E-state index is 0.0547. The van der Waals surface area contributed by atoms with Crippen molar-refractivity contribution in [3.63, 3.8) is 0 Å². The van der Waals surface area contributed by atoms with Gasteiger partial charge in [0.25, 0.3) is 0 Å². The van der Waals surface area contributed by atoms with Crippen molar-refractivity contribution in [2.24, 2.45) is 0 Å². The summed E-state index contributed by atoms with van der Waals surface area (Å²) in [5.74, 6) is -0.0547. The van der Waals surface area contributed by atoms with Gasteiger partial charge in [-0.15, -0.1) is 0 Å². The zero-order valence-corrected chi connectivity index (χ0v) is 11.4. The van der Waals surface area contributed by atoms with Gasteiger partial charge < -0.3 is 30.5 Å². The van der Waals surface area contributed by atoms with Gasteiger partial charge in [-0.3, -0.25) is 9.09 Å². The van der Waals surface area contributed by atoms with Gasteiger partial charge in [-0.1, -0.05) is 0 Å². The van der Waals surface area contributed by atoms with Crippen LogP contribution in [0.3, 0.4) is 0 Å². The molecule has 1 aromatic rings. The molecule has 21 heavy (non-hydrogen) atoms. The van der Waals surface area contributed by atoms with Crippen molar-refractivity contribution in [3.8, 4) is 0 Å². The Morgan fingerprint density at radius 3 is 2.71 bits per heavy atom. The van der Waals surface area contributed by atoms with Crippen LogP contribution in [0, 0.1) is 0 Å². The van der Waals surface area contributed by atoms with Gasteiger partial charge in [0.1, 0.15) is 24.1 Å². The van der Waals surface area contributed by atoms with E-state index in [1.807, 2.05) is 0 Å². The second-order valence-electron chi connectivity index (χ2n) is 4.34. The van der Waals surface area contributed by atoms with Crippen LogP contribution in [0.5, 0.6) is 0 Å². The van der Waals surface area contributed by atoms with Crippen LogP contribution in [0.1, 0.15) is 6.23 Å².